The van der Waals surface area contributed by atoms with E-state index in [1.54, 1.807) is 15.8 Å². The molecule has 1 aromatic heterocycles. The summed E-state index contributed by atoms with van der Waals surface area (Å²) < 4.78 is 2.75. The Balaban J connectivity index is 1.57. The van der Waals surface area contributed by atoms with E-state index in [1.165, 1.54) is 0 Å². The highest BCUT2D eigenvalue weighted by Gasteiger charge is 2.39. The second-order valence-electron chi connectivity index (χ2n) is 6.97. The number of rotatable bonds is 3. The van der Waals surface area contributed by atoms with E-state index in [1.807, 2.05) is 48.4 Å². The molecule has 1 saturated heterocycles. The van der Waals surface area contributed by atoms with Crippen molar-refractivity contribution >= 4 is 33.4 Å². The number of halogens is 1. The van der Waals surface area contributed by atoms with Crippen LogP contribution in [-0.2, 0) is 16.1 Å². The molecule has 2 aromatic rings. The molecule has 6 nitrogen and oxygen atoms in total. The quantitative estimate of drug-likeness (QED) is 0.754. The van der Waals surface area contributed by atoms with Crippen molar-refractivity contribution in [2.75, 3.05) is 13.1 Å². The van der Waals surface area contributed by atoms with E-state index in [2.05, 4.69) is 20.9 Å². The van der Waals surface area contributed by atoms with Crippen LogP contribution >= 0.6 is 15.9 Å². The van der Waals surface area contributed by atoms with Crippen LogP contribution in [0.15, 0.2) is 47.3 Å². The van der Waals surface area contributed by atoms with E-state index in [0.717, 1.165) is 22.2 Å². The fourth-order valence-electron chi connectivity index (χ4n) is 3.73. The van der Waals surface area contributed by atoms with Gasteiger partial charge in [0.25, 0.3) is 5.91 Å². The summed E-state index contributed by atoms with van der Waals surface area (Å²) >= 11 is 3.56. The number of benzene rings is 1. The van der Waals surface area contributed by atoms with Gasteiger partial charge in [-0.1, -0.05) is 40.2 Å². The van der Waals surface area contributed by atoms with Gasteiger partial charge >= 0.3 is 0 Å². The molecule has 4 rings (SSSR count). The van der Waals surface area contributed by atoms with Gasteiger partial charge in [0.05, 0.1) is 12.0 Å². The SMILES string of the molecule is Cc1cn(C2=CCC3C(=O)N(Cc4ccccc4Br)CCCN3C2=O)cn1. The summed E-state index contributed by atoms with van der Waals surface area (Å²) in [7, 11) is 0. The molecule has 1 aromatic carbocycles. The van der Waals surface area contributed by atoms with E-state index < -0.39 is 6.04 Å². The number of aromatic nitrogens is 2. The first kappa shape index (κ1) is 18.0. The maximum atomic E-state index is 13.2. The maximum absolute atomic E-state index is 13.2. The Kier molecular flexibility index (Phi) is 4.86. The van der Waals surface area contributed by atoms with Crippen molar-refractivity contribution in [2.24, 2.45) is 0 Å². The molecule has 7 heteroatoms. The number of carbonyl (C=O) groups is 2. The van der Waals surface area contributed by atoms with Gasteiger partial charge in [0.15, 0.2) is 0 Å². The van der Waals surface area contributed by atoms with Gasteiger partial charge in [-0.2, -0.15) is 0 Å². The Hall–Kier alpha value is -2.41. The third-order valence-corrected chi connectivity index (χ3v) is 5.90. The molecule has 27 heavy (non-hydrogen) atoms. The normalized spacial score (nSPS) is 20.4. The van der Waals surface area contributed by atoms with E-state index in [9.17, 15) is 9.59 Å². The highest BCUT2D eigenvalue weighted by atomic mass is 79.9. The molecule has 1 atom stereocenters. The lowest BCUT2D eigenvalue weighted by Crippen LogP contribution is -2.50. The van der Waals surface area contributed by atoms with E-state index in [4.69, 9.17) is 0 Å². The van der Waals surface area contributed by atoms with Gasteiger partial charge in [0.2, 0.25) is 5.91 Å². The van der Waals surface area contributed by atoms with Gasteiger partial charge in [-0.15, -0.1) is 0 Å². The number of amides is 2. The largest absolute Gasteiger partial charge is 0.336 e. The van der Waals surface area contributed by atoms with Crippen LogP contribution in [0, 0.1) is 6.92 Å². The predicted molar refractivity (Wildman–Crippen MR) is 106 cm³/mol. The lowest BCUT2D eigenvalue weighted by atomic mass is 10.0. The monoisotopic (exact) mass is 428 g/mol. The number of nitrogens with zero attached hydrogens (tertiary/aromatic N) is 4. The summed E-state index contributed by atoms with van der Waals surface area (Å²) in [6.45, 7) is 3.69. The second kappa shape index (κ2) is 7.31. The minimum absolute atomic E-state index is 0.0220. The molecule has 2 aliphatic heterocycles. The van der Waals surface area contributed by atoms with Crippen molar-refractivity contribution in [3.8, 4) is 0 Å². The predicted octanol–water partition coefficient (Wildman–Crippen LogP) is 2.83. The first-order valence-electron chi connectivity index (χ1n) is 9.09. The van der Waals surface area contributed by atoms with E-state index in [-0.39, 0.29) is 11.8 Å². The van der Waals surface area contributed by atoms with Crippen LogP contribution in [0.4, 0.5) is 0 Å². The van der Waals surface area contributed by atoms with Crippen LogP contribution in [0.25, 0.3) is 5.70 Å². The number of aryl methyl sites for hydroxylation is 1. The highest BCUT2D eigenvalue weighted by molar-refractivity contribution is 9.10. The van der Waals surface area contributed by atoms with Gasteiger partial charge in [-0.05, 0) is 31.4 Å². The average Bonchev–Trinajstić information content (AvgIpc) is 3.02. The van der Waals surface area contributed by atoms with Gasteiger partial charge in [-0.3, -0.25) is 9.59 Å². The molecular formula is C20H21BrN4O2. The van der Waals surface area contributed by atoms with Crippen LogP contribution in [-0.4, -0.2) is 50.3 Å². The number of hydrogen-bond acceptors (Lipinski definition) is 3. The summed E-state index contributed by atoms with van der Waals surface area (Å²) in [5, 5.41) is 0. The van der Waals surface area contributed by atoms with Crippen LogP contribution < -0.4 is 0 Å². The third-order valence-electron chi connectivity index (χ3n) is 5.12. The van der Waals surface area contributed by atoms with Gasteiger partial charge < -0.3 is 14.4 Å². The van der Waals surface area contributed by atoms with Crippen molar-refractivity contribution < 1.29 is 9.59 Å². The zero-order valence-electron chi connectivity index (χ0n) is 15.1. The molecule has 0 radical (unpaired) electrons. The summed E-state index contributed by atoms with van der Waals surface area (Å²) in [6, 6.07) is 7.52. The fraction of sp³-hybridized carbons (Fsp3) is 0.350. The summed E-state index contributed by atoms with van der Waals surface area (Å²) in [5.74, 6) is -0.0755. The van der Waals surface area contributed by atoms with Crippen molar-refractivity contribution in [3.63, 3.8) is 0 Å². The van der Waals surface area contributed by atoms with Crippen LogP contribution in [0.3, 0.4) is 0 Å². The number of carbonyl (C=O) groups excluding carboxylic acids is 2. The Morgan fingerprint density at radius 2 is 2.04 bits per heavy atom. The fourth-order valence-corrected chi connectivity index (χ4v) is 4.14. The molecular weight excluding hydrogens is 408 g/mol. The molecule has 3 heterocycles. The van der Waals surface area contributed by atoms with Crippen molar-refractivity contribution in [2.45, 2.75) is 32.4 Å². The molecule has 0 bridgehead atoms. The number of imidazole rings is 1. The Bertz CT molecular complexity index is 920. The zero-order chi connectivity index (χ0) is 19.0. The van der Waals surface area contributed by atoms with Gasteiger partial charge in [-0.25, -0.2) is 4.98 Å². The number of hydrogen-bond donors (Lipinski definition) is 0. The smallest absolute Gasteiger partial charge is 0.271 e. The topological polar surface area (TPSA) is 58.4 Å². The minimum Gasteiger partial charge on any atom is -0.336 e. The molecule has 2 amide bonds. The van der Waals surface area contributed by atoms with E-state index >= 15 is 0 Å². The minimum atomic E-state index is -0.421. The third kappa shape index (κ3) is 3.43. The zero-order valence-corrected chi connectivity index (χ0v) is 16.7. The highest BCUT2D eigenvalue weighted by Crippen LogP contribution is 2.27. The molecule has 140 valence electrons. The standard InChI is InChI=1S/C20H21BrN4O2/c1-14-11-24(13-22-14)17-7-8-18-19(26)23(9-4-10-25(18)20(17)27)12-15-5-2-3-6-16(15)21/h2-3,5-7,11,13,18H,4,8-10,12H2,1H3. The molecule has 2 aliphatic rings. The molecule has 1 fully saturated rings. The van der Waals surface area contributed by atoms with Crippen LogP contribution in [0.5, 0.6) is 0 Å². The number of fused-ring (bicyclic) bond motifs is 1. The van der Waals surface area contributed by atoms with Gasteiger partial charge in [0.1, 0.15) is 11.7 Å². The van der Waals surface area contributed by atoms with Crippen molar-refractivity contribution in [3.05, 3.63) is 58.6 Å². The Labute approximate surface area is 166 Å². The molecule has 0 aliphatic carbocycles. The Morgan fingerprint density at radius 3 is 2.78 bits per heavy atom. The molecule has 0 spiro atoms. The Morgan fingerprint density at radius 1 is 1.22 bits per heavy atom. The molecule has 0 N–H and O–H groups in total. The van der Waals surface area contributed by atoms with Crippen LogP contribution in [0.1, 0.15) is 24.1 Å². The second-order valence-corrected chi connectivity index (χ2v) is 7.82. The lowest BCUT2D eigenvalue weighted by Gasteiger charge is -2.34. The lowest BCUT2D eigenvalue weighted by molar-refractivity contribution is -0.142. The average molecular weight is 429 g/mol. The van der Waals surface area contributed by atoms with E-state index in [0.29, 0.717) is 31.8 Å². The van der Waals surface area contributed by atoms with Crippen molar-refractivity contribution in [1.29, 1.82) is 0 Å². The summed E-state index contributed by atoms with van der Waals surface area (Å²) in [5.41, 5.74) is 2.52. The summed E-state index contributed by atoms with van der Waals surface area (Å²) in [4.78, 5) is 34.0. The summed E-state index contributed by atoms with van der Waals surface area (Å²) in [6.07, 6.45) is 6.66. The van der Waals surface area contributed by atoms with Crippen LogP contribution in [0.2, 0.25) is 0 Å². The molecule has 1 unspecified atom stereocenters. The maximum Gasteiger partial charge on any atom is 0.271 e. The first-order valence-corrected chi connectivity index (χ1v) is 9.88. The first-order chi connectivity index (χ1) is 13.0. The van der Waals surface area contributed by atoms with Crippen molar-refractivity contribution in [1.82, 2.24) is 19.4 Å². The molecule has 0 saturated carbocycles. The van der Waals surface area contributed by atoms with Gasteiger partial charge in [0, 0.05) is 30.3 Å².